The number of thioether (sulfide) groups is 1. The molecule has 5 nitrogen and oxygen atoms in total. The second kappa shape index (κ2) is 4.80. The van der Waals surface area contributed by atoms with E-state index in [2.05, 4.69) is 15.3 Å². The topological polar surface area (TPSA) is 78.7 Å². The molecule has 0 bridgehead atoms. The van der Waals surface area contributed by atoms with Crippen LogP contribution in [-0.4, -0.2) is 22.6 Å². The maximum Gasteiger partial charge on any atom is 0.212 e. The first-order valence-electron chi connectivity index (χ1n) is 4.73. The van der Waals surface area contributed by atoms with Gasteiger partial charge in [0.2, 0.25) is 6.41 Å². The predicted octanol–water partition coefficient (Wildman–Crippen LogP) is 1.79. The summed E-state index contributed by atoms with van der Waals surface area (Å²) in [6.45, 7) is 0. The highest BCUT2D eigenvalue weighted by molar-refractivity contribution is 7.98. The highest BCUT2D eigenvalue weighted by Crippen LogP contribution is 2.26. The lowest BCUT2D eigenvalue weighted by atomic mass is 10.2. The fraction of sp³-hybridized carbons (Fsp3) is 0.0909. The SMILES string of the molecule is CSc1nc(C#N)cc2cnc(NC=O)cc12. The average Bonchev–Trinajstić information content (AvgIpc) is 2.37. The summed E-state index contributed by atoms with van der Waals surface area (Å²) in [5.74, 6) is 0.467. The van der Waals surface area contributed by atoms with Crippen molar-refractivity contribution in [2.45, 2.75) is 5.03 Å². The largest absolute Gasteiger partial charge is 0.313 e. The van der Waals surface area contributed by atoms with E-state index in [1.807, 2.05) is 12.3 Å². The standard InChI is InChI=1S/C11H8N4OS/c1-17-11-9-3-10(14-6-16)13-5-7(9)2-8(4-12)15-11/h2-3,5-6H,1H3,(H,13,14,16). The molecule has 2 rings (SSSR count). The molecule has 0 saturated heterocycles. The minimum Gasteiger partial charge on any atom is -0.313 e. The number of amides is 1. The number of nitrogens with zero attached hydrogens (tertiary/aromatic N) is 3. The smallest absolute Gasteiger partial charge is 0.212 e. The van der Waals surface area contributed by atoms with E-state index in [1.54, 1.807) is 18.3 Å². The Hall–Kier alpha value is -2.13. The molecule has 84 valence electrons. The molecule has 2 aromatic rings. The maximum atomic E-state index is 10.4. The third kappa shape index (κ3) is 2.19. The van der Waals surface area contributed by atoms with E-state index in [9.17, 15) is 4.79 Å². The number of nitriles is 1. The van der Waals surface area contributed by atoms with Crippen LogP contribution in [-0.2, 0) is 4.79 Å². The van der Waals surface area contributed by atoms with Crippen molar-refractivity contribution in [1.82, 2.24) is 9.97 Å². The van der Waals surface area contributed by atoms with Gasteiger partial charge >= 0.3 is 0 Å². The van der Waals surface area contributed by atoms with Crippen molar-refractivity contribution in [3.63, 3.8) is 0 Å². The van der Waals surface area contributed by atoms with Gasteiger partial charge in [-0.1, -0.05) is 0 Å². The molecule has 0 spiro atoms. The molecule has 2 heterocycles. The number of carbonyl (C=O) groups is 1. The first-order valence-corrected chi connectivity index (χ1v) is 5.96. The zero-order valence-corrected chi connectivity index (χ0v) is 9.78. The third-order valence-corrected chi connectivity index (χ3v) is 2.89. The summed E-state index contributed by atoms with van der Waals surface area (Å²) in [7, 11) is 0. The van der Waals surface area contributed by atoms with E-state index < -0.39 is 0 Å². The van der Waals surface area contributed by atoms with Crippen LogP contribution < -0.4 is 5.32 Å². The van der Waals surface area contributed by atoms with Crippen molar-refractivity contribution in [3.05, 3.63) is 24.0 Å². The van der Waals surface area contributed by atoms with E-state index in [1.165, 1.54) is 11.8 Å². The van der Waals surface area contributed by atoms with Gasteiger partial charge in [0.15, 0.2) is 0 Å². The summed E-state index contributed by atoms with van der Waals surface area (Å²) in [5, 5.41) is 13.8. The number of hydrogen-bond donors (Lipinski definition) is 1. The molecule has 0 atom stereocenters. The molecule has 0 unspecified atom stereocenters. The van der Waals surface area contributed by atoms with E-state index in [-0.39, 0.29) is 0 Å². The maximum absolute atomic E-state index is 10.4. The number of hydrogen-bond acceptors (Lipinski definition) is 5. The molecule has 0 radical (unpaired) electrons. The lowest BCUT2D eigenvalue weighted by molar-refractivity contribution is -0.105. The van der Waals surface area contributed by atoms with Gasteiger partial charge in [0.1, 0.15) is 22.6 Å². The Morgan fingerprint density at radius 2 is 2.35 bits per heavy atom. The first-order chi connectivity index (χ1) is 8.28. The Balaban J connectivity index is 2.68. The van der Waals surface area contributed by atoms with Crippen molar-refractivity contribution < 1.29 is 4.79 Å². The molecular weight excluding hydrogens is 236 g/mol. The summed E-state index contributed by atoms with van der Waals surface area (Å²) in [6.07, 6.45) is 4.07. The molecule has 6 heteroatoms. The molecule has 0 aliphatic rings. The van der Waals surface area contributed by atoms with Gasteiger partial charge in [0.05, 0.1) is 0 Å². The first kappa shape index (κ1) is 11.4. The van der Waals surface area contributed by atoms with Crippen LogP contribution in [0, 0.1) is 11.3 Å². The Labute approximate surface area is 102 Å². The molecule has 0 aliphatic carbocycles. The second-order valence-electron chi connectivity index (χ2n) is 3.18. The van der Waals surface area contributed by atoms with Crippen LogP contribution >= 0.6 is 11.8 Å². The lowest BCUT2D eigenvalue weighted by Crippen LogP contribution is -1.97. The van der Waals surface area contributed by atoms with Gasteiger partial charge in [0.25, 0.3) is 0 Å². The fourth-order valence-electron chi connectivity index (χ4n) is 1.47. The Bertz CT molecular complexity index is 621. The summed E-state index contributed by atoms with van der Waals surface area (Å²) >= 11 is 1.45. The molecule has 0 saturated carbocycles. The van der Waals surface area contributed by atoms with E-state index in [0.717, 1.165) is 15.8 Å². The van der Waals surface area contributed by atoms with Gasteiger partial charge in [-0.15, -0.1) is 11.8 Å². The highest BCUT2D eigenvalue weighted by atomic mass is 32.2. The Kier molecular flexibility index (Phi) is 3.21. The molecule has 0 aromatic carbocycles. The minimum absolute atomic E-state index is 0.361. The van der Waals surface area contributed by atoms with Gasteiger partial charge in [0, 0.05) is 17.0 Å². The summed E-state index contributed by atoms with van der Waals surface area (Å²) in [4.78, 5) is 18.6. The predicted molar refractivity (Wildman–Crippen MR) is 65.7 cm³/mol. The van der Waals surface area contributed by atoms with Crippen LogP contribution in [0.4, 0.5) is 5.82 Å². The summed E-state index contributed by atoms with van der Waals surface area (Å²) in [6, 6.07) is 5.42. The normalized spacial score (nSPS) is 9.88. The van der Waals surface area contributed by atoms with E-state index >= 15 is 0 Å². The van der Waals surface area contributed by atoms with Crippen LogP contribution in [0.25, 0.3) is 10.8 Å². The number of rotatable bonds is 3. The van der Waals surface area contributed by atoms with Crippen molar-refractivity contribution in [2.75, 3.05) is 11.6 Å². The average molecular weight is 244 g/mol. The fourth-order valence-corrected chi connectivity index (χ4v) is 2.05. The molecule has 0 aliphatic heterocycles. The summed E-state index contributed by atoms with van der Waals surface area (Å²) < 4.78 is 0. The van der Waals surface area contributed by atoms with Crippen molar-refractivity contribution in [3.8, 4) is 6.07 Å². The number of aromatic nitrogens is 2. The van der Waals surface area contributed by atoms with Gasteiger partial charge in [-0.2, -0.15) is 5.26 Å². The molecule has 1 N–H and O–H groups in total. The number of pyridine rings is 2. The zero-order valence-electron chi connectivity index (χ0n) is 8.97. The van der Waals surface area contributed by atoms with Crippen LogP contribution in [0.15, 0.2) is 23.4 Å². The highest BCUT2D eigenvalue weighted by Gasteiger charge is 2.06. The van der Waals surface area contributed by atoms with Gasteiger partial charge < -0.3 is 5.32 Å². The van der Waals surface area contributed by atoms with E-state index in [4.69, 9.17) is 5.26 Å². The molecule has 17 heavy (non-hydrogen) atoms. The summed E-state index contributed by atoms with van der Waals surface area (Å²) in [5.41, 5.74) is 0.361. The van der Waals surface area contributed by atoms with E-state index in [0.29, 0.717) is 17.9 Å². The number of carbonyl (C=O) groups excluding carboxylic acids is 1. The number of anilines is 1. The minimum atomic E-state index is 0.361. The molecular formula is C11H8N4OS. The Morgan fingerprint density at radius 1 is 1.53 bits per heavy atom. The second-order valence-corrected chi connectivity index (χ2v) is 3.98. The van der Waals surface area contributed by atoms with Crippen molar-refractivity contribution in [2.24, 2.45) is 0 Å². The van der Waals surface area contributed by atoms with Crippen LogP contribution in [0.5, 0.6) is 0 Å². The molecule has 0 fully saturated rings. The monoisotopic (exact) mass is 244 g/mol. The van der Waals surface area contributed by atoms with Gasteiger partial charge in [-0.05, 0) is 18.4 Å². The molecule has 1 amide bonds. The number of nitrogens with one attached hydrogen (secondary N) is 1. The van der Waals surface area contributed by atoms with Crippen LogP contribution in [0.3, 0.4) is 0 Å². The molecule has 2 aromatic heterocycles. The van der Waals surface area contributed by atoms with Crippen molar-refractivity contribution >= 4 is 34.8 Å². The zero-order chi connectivity index (χ0) is 12.3. The number of fused-ring (bicyclic) bond motifs is 1. The lowest BCUT2D eigenvalue weighted by Gasteiger charge is -2.05. The van der Waals surface area contributed by atoms with Crippen LogP contribution in [0.1, 0.15) is 5.69 Å². The third-order valence-electron chi connectivity index (χ3n) is 2.19. The van der Waals surface area contributed by atoms with Crippen LogP contribution in [0.2, 0.25) is 0 Å². The Morgan fingerprint density at radius 3 is 3.00 bits per heavy atom. The quantitative estimate of drug-likeness (QED) is 0.657. The van der Waals surface area contributed by atoms with Crippen molar-refractivity contribution in [1.29, 1.82) is 5.26 Å². The van der Waals surface area contributed by atoms with Gasteiger partial charge in [-0.3, -0.25) is 4.79 Å². The van der Waals surface area contributed by atoms with Gasteiger partial charge in [-0.25, -0.2) is 9.97 Å².